The molecule has 0 atom stereocenters. The van der Waals surface area contributed by atoms with Crippen LogP contribution in [0.25, 0.3) is 10.9 Å². The van der Waals surface area contributed by atoms with E-state index in [0.29, 0.717) is 34.8 Å². The van der Waals surface area contributed by atoms with E-state index in [-0.39, 0.29) is 5.69 Å². The Balaban J connectivity index is 1.56. The molecule has 0 radical (unpaired) electrons. The fraction of sp³-hybridized carbons (Fsp3) is 0.375. The number of methoxy groups -OCH3 is 1. The number of nitrogens with one attached hydrogen (secondary N) is 1. The number of likely N-dealkylation sites (tertiary alicyclic amines) is 1. The monoisotopic (exact) mass is 471 g/mol. The highest BCUT2D eigenvalue weighted by Gasteiger charge is 2.34. The predicted octanol–water partition coefficient (Wildman–Crippen LogP) is 5.14. The van der Waals surface area contributed by atoms with Crippen LogP contribution >= 0.6 is 0 Å². The van der Waals surface area contributed by atoms with Gasteiger partial charge in [0.1, 0.15) is 12.1 Å². The van der Waals surface area contributed by atoms with E-state index < -0.39 is 17.3 Å². The van der Waals surface area contributed by atoms with Gasteiger partial charge in [-0.2, -0.15) is 18.4 Å². The molecule has 1 saturated heterocycles. The number of hydrogen-bond donors (Lipinski definition) is 1. The van der Waals surface area contributed by atoms with E-state index in [4.69, 9.17) is 14.7 Å². The van der Waals surface area contributed by atoms with E-state index in [2.05, 4.69) is 20.2 Å². The second-order valence-corrected chi connectivity index (χ2v) is 7.99. The number of hydrogen-bond acceptors (Lipinski definition) is 7. The van der Waals surface area contributed by atoms with Crippen LogP contribution in [0.1, 0.15) is 30.4 Å². The third-order valence-electron chi connectivity index (χ3n) is 5.70. The lowest BCUT2D eigenvalue weighted by atomic mass is 10.1. The second-order valence-electron chi connectivity index (χ2n) is 7.99. The molecule has 4 rings (SSSR count). The van der Waals surface area contributed by atoms with Gasteiger partial charge in [0.25, 0.3) is 0 Å². The molecular weight excluding hydrogens is 447 g/mol. The summed E-state index contributed by atoms with van der Waals surface area (Å²) in [5.41, 5.74) is -0.760. The summed E-state index contributed by atoms with van der Waals surface area (Å²) in [6, 6.07) is 8.42. The van der Waals surface area contributed by atoms with Crippen LogP contribution in [0.5, 0.6) is 11.5 Å². The molecule has 1 aromatic heterocycles. The summed E-state index contributed by atoms with van der Waals surface area (Å²) in [6.07, 6.45) is 0.0478. The molecule has 2 heterocycles. The van der Waals surface area contributed by atoms with Gasteiger partial charge in [-0.1, -0.05) is 0 Å². The molecule has 1 aliphatic rings. The van der Waals surface area contributed by atoms with Crippen LogP contribution in [0.4, 0.5) is 24.7 Å². The number of nitriles is 1. The summed E-state index contributed by atoms with van der Waals surface area (Å²) in [7, 11) is 1.52. The zero-order chi connectivity index (χ0) is 24.1. The molecule has 178 valence electrons. The maximum atomic E-state index is 13.3. The lowest BCUT2D eigenvalue weighted by molar-refractivity contribution is -0.137. The molecule has 0 aliphatic carbocycles. The van der Waals surface area contributed by atoms with E-state index in [0.717, 1.165) is 38.2 Å². The van der Waals surface area contributed by atoms with Gasteiger partial charge in [-0.3, -0.25) is 0 Å². The van der Waals surface area contributed by atoms with Gasteiger partial charge in [0, 0.05) is 23.7 Å². The molecule has 3 aromatic rings. The SMILES string of the molecule is COc1cc2c(Nc3ccc(C#N)c(C(F)(F)F)c3)ncnc2cc1OCCCN1CCCC1. The molecule has 7 nitrogen and oxygen atoms in total. The van der Waals surface area contributed by atoms with Crippen molar-refractivity contribution < 1.29 is 22.6 Å². The number of ether oxygens (including phenoxy) is 2. The summed E-state index contributed by atoms with van der Waals surface area (Å²) < 4.78 is 51.4. The molecule has 0 spiro atoms. The number of anilines is 2. The van der Waals surface area contributed by atoms with Crippen molar-refractivity contribution in [3.8, 4) is 17.6 Å². The van der Waals surface area contributed by atoms with Crippen LogP contribution in [0.3, 0.4) is 0 Å². The van der Waals surface area contributed by atoms with E-state index >= 15 is 0 Å². The molecule has 34 heavy (non-hydrogen) atoms. The average Bonchev–Trinajstić information content (AvgIpc) is 3.34. The lowest BCUT2D eigenvalue weighted by Gasteiger charge is -2.16. The van der Waals surface area contributed by atoms with Gasteiger partial charge < -0.3 is 19.7 Å². The van der Waals surface area contributed by atoms with Crippen LogP contribution in [0.2, 0.25) is 0 Å². The van der Waals surface area contributed by atoms with E-state index in [9.17, 15) is 13.2 Å². The van der Waals surface area contributed by atoms with Gasteiger partial charge >= 0.3 is 6.18 Å². The third-order valence-corrected chi connectivity index (χ3v) is 5.70. The smallest absolute Gasteiger partial charge is 0.417 e. The Labute approximate surface area is 195 Å². The van der Waals surface area contributed by atoms with Crippen molar-refractivity contribution in [2.24, 2.45) is 0 Å². The Bertz CT molecular complexity index is 1200. The molecule has 10 heteroatoms. The summed E-state index contributed by atoms with van der Waals surface area (Å²) in [6.45, 7) is 3.78. The minimum absolute atomic E-state index is 0.146. The summed E-state index contributed by atoms with van der Waals surface area (Å²) >= 11 is 0. The molecule has 1 aliphatic heterocycles. The molecular formula is C24H24F3N5O2. The van der Waals surface area contributed by atoms with Crippen molar-refractivity contribution in [1.82, 2.24) is 14.9 Å². The number of fused-ring (bicyclic) bond motifs is 1. The largest absolute Gasteiger partial charge is 0.493 e. The Morgan fingerprint density at radius 2 is 1.91 bits per heavy atom. The van der Waals surface area contributed by atoms with Crippen molar-refractivity contribution in [1.29, 1.82) is 5.26 Å². The van der Waals surface area contributed by atoms with Crippen molar-refractivity contribution >= 4 is 22.4 Å². The lowest BCUT2D eigenvalue weighted by Crippen LogP contribution is -2.21. The zero-order valence-corrected chi connectivity index (χ0v) is 18.7. The van der Waals surface area contributed by atoms with Gasteiger partial charge in [0.05, 0.1) is 36.4 Å². The minimum atomic E-state index is -4.65. The molecule has 2 aromatic carbocycles. The first-order chi connectivity index (χ1) is 16.4. The van der Waals surface area contributed by atoms with Gasteiger partial charge in [0.2, 0.25) is 0 Å². The normalized spacial score (nSPS) is 14.2. The third kappa shape index (κ3) is 5.31. The maximum absolute atomic E-state index is 13.3. The topological polar surface area (TPSA) is 83.3 Å². The molecule has 0 unspecified atom stereocenters. The molecule has 0 saturated carbocycles. The fourth-order valence-electron chi connectivity index (χ4n) is 4.00. The second kappa shape index (κ2) is 10.1. The summed E-state index contributed by atoms with van der Waals surface area (Å²) in [5, 5.41) is 12.5. The van der Waals surface area contributed by atoms with Gasteiger partial charge in [-0.25, -0.2) is 9.97 Å². The zero-order valence-electron chi connectivity index (χ0n) is 18.7. The van der Waals surface area contributed by atoms with Crippen molar-refractivity contribution in [3.05, 3.63) is 47.8 Å². The average molecular weight is 471 g/mol. The highest BCUT2D eigenvalue weighted by atomic mass is 19.4. The highest BCUT2D eigenvalue weighted by Crippen LogP contribution is 2.37. The maximum Gasteiger partial charge on any atom is 0.417 e. The molecule has 0 bridgehead atoms. The molecule has 0 amide bonds. The summed E-state index contributed by atoms with van der Waals surface area (Å²) in [5.74, 6) is 1.32. The van der Waals surface area contributed by atoms with E-state index in [1.165, 1.54) is 32.3 Å². The van der Waals surface area contributed by atoms with Gasteiger partial charge in [-0.05, 0) is 56.6 Å². The quantitative estimate of drug-likeness (QED) is 0.456. The number of aromatic nitrogens is 2. The van der Waals surface area contributed by atoms with Crippen LogP contribution in [-0.2, 0) is 6.18 Å². The van der Waals surface area contributed by atoms with Crippen LogP contribution in [0, 0.1) is 11.3 Å². The van der Waals surface area contributed by atoms with E-state index in [1.54, 1.807) is 18.2 Å². The number of rotatable bonds is 8. The predicted molar refractivity (Wildman–Crippen MR) is 121 cm³/mol. The van der Waals surface area contributed by atoms with Crippen LogP contribution < -0.4 is 14.8 Å². The highest BCUT2D eigenvalue weighted by molar-refractivity contribution is 5.93. The Kier molecular flexibility index (Phi) is 7.03. The molecule has 1 fully saturated rings. The van der Waals surface area contributed by atoms with Crippen molar-refractivity contribution in [2.75, 3.05) is 38.7 Å². The number of halogens is 3. The van der Waals surface area contributed by atoms with E-state index in [1.807, 2.05) is 0 Å². The first-order valence-corrected chi connectivity index (χ1v) is 11.0. The molecule has 1 N–H and O–H groups in total. The van der Waals surface area contributed by atoms with Crippen LogP contribution in [0.15, 0.2) is 36.7 Å². The Morgan fingerprint density at radius 3 is 2.62 bits per heavy atom. The minimum Gasteiger partial charge on any atom is -0.493 e. The summed E-state index contributed by atoms with van der Waals surface area (Å²) in [4.78, 5) is 10.9. The Hall–Kier alpha value is -3.58. The van der Waals surface area contributed by atoms with Crippen molar-refractivity contribution in [3.63, 3.8) is 0 Å². The van der Waals surface area contributed by atoms with Gasteiger partial charge in [0.15, 0.2) is 11.5 Å². The first-order valence-electron chi connectivity index (χ1n) is 11.0. The standard InChI is InChI=1S/C24H24F3N5O2/c1-33-21-12-18-20(13-22(21)34-10-4-9-32-7-2-3-8-32)29-15-30-23(18)31-17-6-5-16(14-28)19(11-17)24(25,26)27/h5-6,11-13,15H,2-4,7-10H2,1H3,(H,29,30,31). The Morgan fingerprint density at radius 1 is 1.12 bits per heavy atom. The first kappa shape index (κ1) is 23.6. The number of nitrogens with zero attached hydrogens (tertiary/aromatic N) is 4. The van der Waals surface area contributed by atoms with Gasteiger partial charge in [-0.15, -0.1) is 0 Å². The van der Waals surface area contributed by atoms with Crippen molar-refractivity contribution in [2.45, 2.75) is 25.4 Å². The van der Waals surface area contributed by atoms with Crippen LogP contribution in [-0.4, -0.2) is 48.2 Å². The fourth-order valence-corrected chi connectivity index (χ4v) is 4.00. The number of alkyl halides is 3. The number of benzene rings is 2.